The Kier molecular flexibility index (Phi) is 7.19. The summed E-state index contributed by atoms with van der Waals surface area (Å²) in [4.78, 5) is 34.9. The van der Waals surface area contributed by atoms with E-state index in [1.165, 1.54) is 13.8 Å². The summed E-state index contributed by atoms with van der Waals surface area (Å²) in [7, 11) is -4.79. The van der Waals surface area contributed by atoms with Gasteiger partial charge in [-0.2, -0.15) is 8.78 Å². The lowest BCUT2D eigenvalue weighted by molar-refractivity contribution is -0.141. The molecule has 2 amide bonds. The fourth-order valence-electron chi connectivity index (χ4n) is 2.01. The first-order valence-electron chi connectivity index (χ1n) is 7.38. The van der Waals surface area contributed by atoms with E-state index in [1.807, 2.05) is 0 Å². The second kappa shape index (κ2) is 8.70. The van der Waals surface area contributed by atoms with E-state index in [-0.39, 0.29) is 24.6 Å². The van der Waals surface area contributed by atoms with Crippen molar-refractivity contribution in [3.63, 3.8) is 0 Å². The van der Waals surface area contributed by atoms with Gasteiger partial charge in [-0.1, -0.05) is 0 Å². The number of nitrogens with one attached hydrogen (secondary N) is 1. The van der Waals surface area contributed by atoms with Crippen LogP contribution >= 0.6 is 0 Å². The van der Waals surface area contributed by atoms with Crippen molar-refractivity contribution in [2.45, 2.75) is 30.5 Å². The maximum Gasteiger partial charge on any atom is 0.341 e. The molecule has 2 N–H and O–H groups in total. The van der Waals surface area contributed by atoms with E-state index < -0.39 is 38.4 Å². The first-order chi connectivity index (χ1) is 12.0. The van der Waals surface area contributed by atoms with Crippen LogP contribution in [0.2, 0.25) is 0 Å². The molecule has 0 aliphatic rings. The molecule has 26 heavy (non-hydrogen) atoms. The molecule has 0 saturated heterocycles. The van der Waals surface area contributed by atoms with Gasteiger partial charge in [-0.3, -0.25) is 9.59 Å². The van der Waals surface area contributed by atoms with E-state index in [9.17, 15) is 31.6 Å². The summed E-state index contributed by atoms with van der Waals surface area (Å²) in [5.74, 6) is -5.98. The highest BCUT2D eigenvalue weighted by Gasteiger charge is 2.29. The Morgan fingerprint density at radius 3 is 2.15 bits per heavy atom. The lowest BCUT2D eigenvalue weighted by atomic mass is 10.1. The number of halogens is 2. The SMILES string of the molecule is CC(=O)NCCN(C(=O)c1ccc(S(=O)(=O)C(F)F)cc1)C(C)C(=O)O. The van der Waals surface area contributed by atoms with Crippen LogP contribution in [0.1, 0.15) is 24.2 Å². The minimum Gasteiger partial charge on any atom is -0.480 e. The third-order valence-electron chi connectivity index (χ3n) is 3.48. The van der Waals surface area contributed by atoms with Gasteiger partial charge in [-0.25, -0.2) is 13.2 Å². The average molecular weight is 392 g/mol. The zero-order valence-electron chi connectivity index (χ0n) is 14.0. The Morgan fingerprint density at radius 2 is 1.73 bits per heavy atom. The first kappa shape index (κ1) is 21.5. The molecule has 1 aromatic carbocycles. The molecule has 8 nitrogen and oxygen atoms in total. The highest BCUT2D eigenvalue weighted by Crippen LogP contribution is 2.19. The van der Waals surface area contributed by atoms with Crippen molar-refractivity contribution >= 4 is 27.6 Å². The summed E-state index contributed by atoms with van der Waals surface area (Å²) in [5, 5.41) is 11.6. The topological polar surface area (TPSA) is 121 Å². The molecule has 1 rings (SSSR count). The number of carbonyl (C=O) groups excluding carboxylic acids is 2. The van der Waals surface area contributed by atoms with Crippen LogP contribution in [0.15, 0.2) is 29.2 Å². The van der Waals surface area contributed by atoms with Crippen LogP contribution in [0, 0.1) is 0 Å². The van der Waals surface area contributed by atoms with Crippen molar-refractivity contribution in [1.29, 1.82) is 0 Å². The van der Waals surface area contributed by atoms with Crippen LogP contribution in [0.3, 0.4) is 0 Å². The highest BCUT2D eigenvalue weighted by atomic mass is 32.2. The summed E-state index contributed by atoms with van der Waals surface area (Å²) in [6, 6.07) is 2.54. The molecular weight excluding hydrogens is 374 g/mol. The lowest BCUT2D eigenvalue weighted by Crippen LogP contribution is -2.46. The molecule has 0 fully saturated rings. The van der Waals surface area contributed by atoms with Crippen LogP contribution in [0.5, 0.6) is 0 Å². The Bertz CT molecular complexity index is 780. The number of aliphatic carboxylic acids is 1. The first-order valence-corrected chi connectivity index (χ1v) is 8.93. The Morgan fingerprint density at radius 1 is 1.19 bits per heavy atom. The van der Waals surface area contributed by atoms with Crippen molar-refractivity contribution in [2.24, 2.45) is 0 Å². The van der Waals surface area contributed by atoms with Gasteiger partial charge < -0.3 is 15.3 Å². The van der Waals surface area contributed by atoms with Crippen LogP contribution < -0.4 is 5.32 Å². The summed E-state index contributed by atoms with van der Waals surface area (Å²) >= 11 is 0. The number of carbonyl (C=O) groups is 3. The molecule has 11 heteroatoms. The average Bonchev–Trinajstić information content (AvgIpc) is 2.57. The Hall–Kier alpha value is -2.56. The normalized spacial score (nSPS) is 12.5. The number of carboxylic acid groups (broad SMARTS) is 1. The van der Waals surface area contributed by atoms with E-state index in [4.69, 9.17) is 5.11 Å². The summed E-state index contributed by atoms with van der Waals surface area (Å²) in [6.45, 7) is 2.43. The molecule has 144 valence electrons. The fraction of sp³-hybridized carbons (Fsp3) is 0.400. The predicted molar refractivity (Wildman–Crippen MR) is 86.4 cm³/mol. The molecule has 0 aromatic heterocycles. The number of carboxylic acids is 1. The van der Waals surface area contributed by atoms with E-state index >= 15 is 0 Å². The van der Waals surface area contributed by atoms with Crippen molar-refractivity contribution in [2.75, 3.05) is 13.1 Å². The number of benzene rings is 1. The summed E-state index contributed by atoms with van der Waals surface area (Å²) in [6.07, 6.45) is 0. The molecule has 0 aliphatic carbocycles. The summed E-state index contributed by atoms with van der Waals surface area (Å²) in [5.41, 5.74) is -0.0749. The monoisotopic (exact) mass is 392 g/mol. The number of amides is 2. The largest absolute Gasteiger partial charge is 0.480 e. The molecule has 1 unspecified atom stereocenters. The minimum atomic E-state index is -4.79. The third-order valence-corrected chi connectivity index (χ3v) is 4.88. The van der Waals surface area contributed by atoms with Crippen LogP contribution in [0.4, 0.5) is 8.78 Å². The number of hydrogen-bond donors (Lipinski definition) is 2. The number of hydrogen-bond acceptors (Lipinski definition) is 5. The Labute approximate surface area is 148 Å². The lowest BCUT2D eigenvalue weighted by Gasteiger charge is -2.26. The third kappa shape index (κ3) is 5.22. The molecule has 0 aliphatic heterocycles. The van der Waals surface area contributed by atoms with Gasteiger partial charge in [0.2, 0.25) is 15.7 Å². The molecule has 0 heterocycles. The Balaban J connectivity index is 3.07. The fourth-order valence-corrected chi connectivity index (χ4v) is 2.73. The van der Waals surface area contributed by atoms with Gasteiger partial charge >= 0.3 is 11.7 Å². The zero-order valence-corrected chi connectivity index (χ0v) is 14.8. The van der Waals surface area contributed by atoms with Crippen molar-refractivity contribution < 1.29 is 36.7 Å². The molecule has 0 spiro atoms. The highest BCUT2D eigenvalue weighted by molar-refractivity contribution is 7.91. The van der Waals surface area contributed by atoms with Crippen molar-refractivity contribution in [3.05, 3.63) is 29.8 Å². The summed E-state index contributed by atoms with van der Waals surface area (Å²) < 4.78 is 47.8. The zero-order chi connectivity index (χ0) is 20.1. The van der Waals surface area contributed by atoms with Crippen LogP contribution in [-0.2, 0) is 19.4 Å². The van der Waals surface area contributed by atoms with Gasteiger partial charge in [0, 0.05) is 25.6 Å². The second-order valence-electron chi connectivity index (χ2n) is 5.33. The number of alkyl halides is 2. The quantitative estimate of drug-likeness (QED) is 0.673. The smallest absolute Gasteiger partial charge is 0.341 e. The molecule has 0 bridgehead atoms. The second-order valence-corrected chi connectivity index (χ2v) is 7.24. The van der Waals surface area contributed by atoms with Gasteiger partial charge in [0.05, 0.1) is 4.90 Å². The van der Waals surface area contributed by atoms with Gasteiger partial charge in [0.15, 0.2) is 0 Å². The molecular formula is C15H18F2N2O6S. The van der Waals surface area contributed by atoms with E-state index in [0.29, 0.717) is 0 Å². The maximum atomic E-state index is 12.5. The van der Waals surface area contributed by atoms with Crippen LogP contribution in [-0.4, -0.2) is 61.1 Å². The van der Waals surface area contributed by atoms with Gasteiger partial charge in [0.1, 0.15) is 6.04 Å². The number of rotatable bonds is 8. The van der Waals surface area contributed by atoms with Gasteiger partial charge in [0.25, 0.3) is 5.91 Å². The molecule has 1 aromatic rings. The van der Waals surface area contributed by atoms with Gasteiger partial charge in [-0.05, 0) is 31.2 Å². The minimum absolute atomic E-state index is 0.0105. The maximum absolute atomic E-state index is 12.5. The van der Waals surface area contributed by atoms with Crippen molar-refractivity contribution in [1.82, 2.24) is 10.2 Å². The standard InChI is InChI=1S/C15H18F2N2O6S/c1-9(14(22)23)19(8-7-18-10(2)20)13(21)11-3-5-12(6-4-11)26(24,25)15(16)17/h3-6,9,15H,7-8H2,1-2H3,(H,18,20)(H,22,23). The van der Waals surface area contributed by atoms with E-state index in [1.54, 1.807) is 0 Å². The van der Waals surface area contributed by atoms with E-state index in [2.05, 4.69) is 5.32 Å². The number of sulfone groups is 1. The van der Waals surface area contributed by atoms with Gasteiger partial charge in [-0.15, -0.1) is 0 Å². The predicted octanol–water partition coefficient (Wildman–Crippen LogP) is 0.734. The molecule has 0 radical (unpaired) electrons. The van der Waals surface area contributed by atoms with Crippen molar-refractivity contribution in [3.8, 4) is 0 Å². The van der Waals surface area contributed by atoms with E-state index in [0.717, 1.165) is 29.2 Å². The molecule has 1 atom stereocenters. The van der Waals surface area contributed by atoms with Crippen LogP contribution in [0.25, 0.3) is 0 Å². The number of nitrogens with zero attached hydrogens (tertiary/aromatic N) is 1. The molecule has 0 saturated carbocycles.